The van der Waals surface area contributed by atoms with Crippen molar-refractivity contribution in [2.45, 2.75) is 18.8 Å². The second kappa shape index (κ2) is 3.71. The largest absolute Gasteiger partial charge is 0.428 e. The number of carbonyl (C=O) groups excluding carboxylic acids is 3. The van der Waals surface area contributed by atoms with Crippen LogP contribution in [0.2, 0.25) is 0 Å². The van der Waals surface area contributed by atoms with E-state index in [9.17, 15) is 14.4 Å². The average molecular weight is 287 g/mol. The topological polar surface area (TPSA) is 72.9 Å². The van der Waals surface area contributed by atoms with Gasteiger partial charge in [-0.3, -0.25) is 19.3 Å². The van der Waals surface area contributed by atoms with Crippen LogP contribution in [0.4, 0.5) is 0 Å². The Morgan fingerprint density at radius 3 is 2.71 bits per heavy atom. The Labute approximate surface area is 120 Å². The number of nitrogens with zero attached hydrogens (tertiary/aromatic N) is 1. The summed E-state index contributed by atoms with van der Waals surface area (Å²) in [6.45, 7) is 1.27. The van der Waals surface area contributed by atoms with Crippen LogP contribution in [-0.2, 0) is 29.6 Å². The van der Waals surface area contributed by atoms with Crippen LogP contribution in [0.15, 0.2) is 24.3 Å². The molecule has 0 aromatic heterocycles. The molecule has 0 N–H and O–H groups in total. The van der Waals surface area contributed by atoms with Crippen LogP contribution < -0.4 is 0 Å². The number of hydrogen-bond acceptors (Lipinski definition) is 5. The second-order valence-corrected chi connectivity index (χ2v) is 5.63. The first kappa shape index (κ1) is 12.5. The summed E-state index contributed by atoms with van der Waals surface area (Å²) in [5.74, 6) is -4.05. The fourth-order valence-electron chi connectivity index (χ4n) is 3.78. The molecule has 0 spiro atoms. The van der Waals surface area contributed by atoms with E-state index in [-0.39, 0.29) is 11.8 Å². The Morgan fingerprint density at radius 2 is 2.00 bits per heavy atom. The molecule has 1 aromatic carbocycles. The molecule has 3 aliphatic rings. The number of amides is 2. The summed E-state index contributed by atoms with van der Waals surface area (Å²) in [6.07, 6.45) is -0.535. The number of esters is 1. The third-order valence-corrected chi connectivity index (χ3v) is 4.55. The maximum absolute atomic E-state index is 12.4. The molecule has 2 bridgehead atoms. The second-order valence-electron chi connectivity index (χ2n) is 5.63. The molecule has 4 rings (SSSR count). The van der Waals surface area contributed by atoms with Crippen molar-refractivity contribution in [2.75, 3.05) is 7.05 Å². The quantitative estimate of drug-likeness (QED) is 0.562. The van der Waals surface area contributed by atoms with Crippen LogP contribution in [-0.4, -0.2) is 29.7 Å². The van der Waals surface area contributed by atoms with Gasteiger partial charge in [0.05, 0.1) is 5.92 Å². The van der Waals surface area contributed by atoms with E-state index in [4.69, 9.17) is 9.47 Å². The zero-order valence-corrected chi connectivity index (χ0v) is 11.5. The van der Waals surface area contributed by atoms with E-state index < -0.39 is 29.7 Å². The Hall–Kier alpha value is -2.21. The molecule has 21 heavy (non-hydrogen) atoms. The van der Waals surface area contributed by atoms with E-state index in [0.29, 0.717) is 5.56 Å². The molecular weight excluding hydrogens is 274 g/mol. The summed E-state index contributed by atoms with van der Waals surface area (Å²) in [4.78, 5) is 37.4. The molecule has 0 radical (unpaired) electrons. The fraction of sp³-hybridized carbons (Fsp3) is 0.400. The molecule has 3 aliphatic heterocycles. The maximum atomic E-state index is 12.4. The third-order valence-electron chi connectivity index (χ3n) is 4.55. The van der Waals surface area contributed by atoms with E-state index in [1.54, 1.807) is 12.1 Å². The first-order valence-electron chi connectivity index (χ1n) is 6.75. The standard InChI is InChI=1S/C15H13NO5/c1-7(17)20-15-9-6-4-3-5-8(9)12(21-15)10-11(15)14(19)16(2)13(10)18/h3-6,10-12H,1-2H3/t10-,11-,12-,15+/m0/s1. The molecule has 0 aliphatic carbocycles. The van der Waals surface area contributed by atoms with Crippen LogP contribution in [0.1, 0.15) is 24.2 Å². The van der Waals surface area contributed by atoms with Crippen LogP contribution in [0.5, 0.6) is 0 Å². The summed E-state index contributed by atoms with van der Waals surface area (Å²) < 4.78 is 11.3. The number of imide groups is 1. The van der Waals surface area contributed by atoms with E-state index in [1.165, 1.54) is 14.0 Å². The molecule has 3 heterocycles. The molecule has 6 nitrogen and oxygen atoms in total. The molecule has 0 saturated carbocycles. The van der Waals surface area contributed by atoms with E-state index >= 15 is 0 Å². The minimum Gasteiger partial charge on any atom is -0.428 e. The number of fused-ring (bicyclic) bond motifs is 8. The Morgan fingerprint density at radius 1 is 1.29 bits per heavy atom. The first-order chi connectivity index (χ1) is 9.97. The Kier molecular flexibility index (Phi) is 2.21. The van der Waals surface area contributed by atoms with Gasteiger partial charge in [0.2, 0.25) is 11.8 Å². The predicted octanol–water partition coefficient (Wildman–Crippen LogP) is 0.718. The van der Waals surface area contributed by atoms with Gasteiger partial charge in [-0.25, -0.2) is 0 Å². The van der Waals surface area contributed by atoms with Gasteiger partial charge in [-0.1, -0.05) is 24.3 Å². The van der Waals surface area contributed by atoms with Gasteiger partial charge in [0, 0.05) is 19.5 Å². The van der Waals surface area contributed by atoms with Crippen LogP contribution >= 0.6 is 0 Å². The van der Waals surface area contributed by atoms with Gasteiger partial charge in [0.1, 0.15) is 12.0 Å². The smallest absolute Gasteiger partial charge is 0.305 e. The summed E-state index contributed by atoms with van der Waals surface area (Å²) in [5.41, 5.74) is 1.49. The van der Waals surface area contributed by atoms with Crippen molar-refractivity contribution in [2.24, 2.45) is 11.8 Å². The van der Waals surface area contributed by atoms with Crippen molar-refractivity contribution in [1.29, 1.82) is 0 Å². The summed E-state index contributed by atoms with van der Waals surface area (Å²) >= 11 is 0. The van der Waals surface area contributed by atoms with E-state index in [0.717, 1.165) is 10.5 Å². The number of ether oxygens (including phenoxy) is 2. The van der Waals surface area contributed by atoms with Gasteiger partial charge in [0.25, 0.3) is 5.79 Å². The first-order valence-corrected chi connectivity index (χ1v) is 6.75. The molecule has 108 valence electrons. The van der Waals surface area contributed by atoms with Gasteiger partial charge >= 0.3 is 5.97 Å². The summed E-state index contributed by atoms with van der Waals surface area (Å²) in [6, 6.07) is 7.26. The van der Waals surface area contributed by atoms with Crippen LogP contribution in [0.3, 0.4) is 0 Å². The number of likely N-dealkylation sites (tertiary alicyclic amines) is 1. The summed E-state index contributed by atoms with van der Waals surface area (Å²) in [7, 11) is 1.45. The number of hydrogen-bond donors (Lipinski definition) is 0. The van der Waals surface area contributed by atoms with Crippen molar-refractivity contribution in [3.63, 3.8) is 0 Å². The van der Waals surface area contributed by atoms with E-state index in [2.05, 4.69) is 0 Å². The van der Waals surface area contributed by atoms with Crippen molar-refractivity contribution in [3.8, 4) is 0 Å². The van der Waals surface area contributed by atoms with E-state index in [1.807, 2.05) is 12.1 Å². The van der Waals surface area contributed by atoms with Crippen molar-refractivity contribution in [1.82, 2.24) is 4.90 Å². The molecule has 0 unspecified atom stereocenters. The fourth-order valence-corrected chi connectivity index (χ4v) is 3.78. The lowest BCUT2D eigenvalue weighted by Crippen LogP contribution is -2.42. The molecule has 2 saturated heterocycles. The summed E-state index contributed by atoms with van der Waals surface area (Å²) in [5, 5.41) is 0. The van der Waals surface area contributed by atoms with Crippen molar-refractivity contribution < 1.29 is 23.9 Å². The average Bonchev–Trinajstić information content (AvgIpc) is 3.02. The Balaban J connectivity index is 1.95. The zero-order valence-electron chi connectivity index (χ0n) is 11.5. The van der Waals surface area contributed by atoms with Gasteiger partial charge in [-0.15, -0.1) is 0 Å². The van der Waals surface area contributed by atoms with Gasteiger partial charge in [-0.2, -0.15) is 0 Å². The molecule has 4 atom stereocenters. The monoisotopic (exact) mass is 287 g/mol. The molecule has 6 heteroatoms. The lowest BCUT2D eigenvalue weighted by atomic mass is 9.75. The van der Waals surface area contributed by atoms with Crippen LogP contribution in [0.25, 0.3) is 0 Å². The number of benzene rings is 1. The minimum absolute atomic E-state index is 0.279. The zero-order chi connectivity index (χ0) is 14.9. The highest BCUT2D eigenvalue weighted by Gasteiger charge is 2.73. The predicted molar refractivity (Wildman–Crippen MR) is 68.5 cm³/mol. The molecule has 2 fully saturated rings. The lowest BCUT2D eigenvalue weighted by molar-refractivity contribution is -0.234. The van der Waals surface area contributed by atoms with Gasteiger partial charge < -0.3 is 9.47 Å². The van der Waals surface area contributed by atoms with Gasteiger partial charge in [0.15, 0.2) is 0 Å². The minimum atomic E-state index is -1.46. The molecule has 2 amide bonds. The highest BCUT2D eigenvalue weighted by Crippen LogP contribution is 2.63. The maximum Gasteiger partial charge on any atom is 0.305 e. The SMILES string of the molecule is CC(=O)O[C@@]12O[C@@H](c3ccccc31)[C@H]1C(=O)N(C)C(=O)[C@H]12. The number of rotatable bonds is 1. The highest BCUT2D eigenvalue weighted by molar-refractivity contribution is 6.06. The normalized spacial score (nSPS) is 35.9. The van der Waals surface area contributed by atoms with Gasteiger partial charge in [-0.05, 0) is 5.56 Å². The van der Waals surface area contributed by atoms with Crippen molar-refractivity contribution >= 4 is 17.8 Å². The molecular formula is C15H13NO5. The highest BCUT2D eigenvalue weighted by atomic mass is 16.7. The van der Waals surface area contributed by atoms with Crippen LogP contribution in [0, 0.1) is 11.8 Å². The lowest BCUT2D eigenvalue weighted by Gasteiger charge is -2.31. The molecule has 1 aromatic rings. The van der Waals surface area contributed by atoms with Crippen molar-refractivity contribution in [3.05, 3.63) is 35.4 Å². The number of carbonyl (C=O) groups is 3. The Bertz CT molecular complexity index is 699. The third kappa shape index (κ3) is 1.28.